The molecule has 0 aliphatic rings. The van der Waals surface area contributed by atoms with Gasteiger partial charge in [-0.2, -0.15) is 0 Å². The predicted molar refractivity (Wildman–Crippen MR) is 74.2 cm³/mol. The molecule has 0 fully saturated rings. The molecule has 4 N–H and O–H groups in total. The Morgan fingerprint density at radius 1 is 1.42 bits per heavy atom. The fraction of sp³-hybridized carbons (Fsp3) is 0.333. The number of halogens is 1. The number of urea groups is 1. The first-order valence-corrected chi connectivity index (χ1v) is 6.40. The molecule has 19 heavy (non-hydrogen) atoms. The highest BCUT2D eigenvalue weighted by Crippen LogP contribution is 2.20. The van der Waals surface area contributed by atoms with Crippen LogP contribution in [0.25, 0.3) is 0 Å². The summed E-state index contributed by atoms with van der Waals surface area (Å²) in [5.74, 6) is -1.19. The van der Waals surface area contributed by atoms with Gasteiger partial charge in [-0.05, 0) is 24.6 Å². The van der Waals surface area contributed by atoms with Gasteiger partial charge < -0.3 is 20.8 Å². The average molecular weight is 331 g/mol. The number of nitrogens with one attached hydrogen (secondary N) is 2. The Morgan fingerprint density at radius 2 is 2.11 bits per heavy atom. The monoisotopic (exact) mass is 330 g/mol. The zero-order valence-electron chi connectivity index (χ0n) is 10.3. The lowest BCUT2D eigenvalue weighted by atomic mass is 10.2. The summed E-state index contributed by atoms with van der Waals surface area (Å²) in [5.41, 5.74) is 1.57. The third kappa shape index (κ3) is 4.88. The molecule has 1 atom stereocenters. The number of aryl methyl sites for hydroxylation is 1. The number of rotatable bonds is 5. The molecule has 0 heterocycles. The highest BCUT2D eigenvalue weighted by Gasteiger charge is 2.19. The number of anilines is 1. The lowest BCUT2D eigenvalue weighted by Gasteiger charge is -2.14. The number of aliphatic hydroxyl groups is 1. The van der Waals surface area contributed by atoms with Crippen LogP contribution in [0.2, 0.25) is 0 Å². The van der Waals surface area contributed by atoms with E-state index in [4.69, 9.17) is 10.2 Å². The van der Waals surface area contributed by atoms with Crippen molar-refractivity contribution in [2.45, 2.75) is 19.4 Å². The van der Waals surface area contributed by atoms with Crippen molar-refractivity contribution in [2.24, 2.45) is 0 Å². The van der Waals surface area contributed by atoms with Crippen molar-refractivity contribution >= 4 is 33.6 Å². The molecule has 0 spiro atoms. The first-order valence-electron chi connectivity index (χ1n) is 5.61. The van der Waals surface area contributed by atoms with Gasteiger partial charge in [-0.15, -0.1) is 0 Å². The van der Waals surface area contributed by atoms with E-state index in [9.17, 15) is 9.59 Å². The molecule has 0 aliphatic carbocycles. The van der Waals surface area contributed by atoms with Crippen LogP contribution in [0.15, 0.2) is 22.7 Å². The van der Waals surface area contributed by atoms with Crippen molar-refractivity contribution in [2.75, 3.05) is 11.9 Å². The number of benzene rings is 1. The fourth-order valence-electron chi connectivity index (χ4n) is 1.38. The van der Waals surface area contributed by atoms with Crippen LogP contribution in [0.5, 0.6) is 0 Å². The van der Waals surface area contributed by atoms with Crippen LogP contribution in [0, 0.1) is 6.92 Å². The maximum atomic E-state index is 11.6. The van der Waals surface area contributed by atoms with Gasteiger partial charge in [0.25, 0.3) is 0 Å². The Balaban J connectivity index is 2.63. The third-order valence-corrected chi connectivity index (χ3v) is 3.31. The van der Waals surface area contributed by atoms with E-state index in [-0.39, 0.29) is 13.0 Å². The summed E-state index contributed by atoms with van der Waals surface area (Å²) >= 11 is 3.34. The maximum absolute atomic E-state index is 11.6. The molecule has 0 radical (unpaired) electrons. The minimum absolute atomic E-state index is 0.0413. The second kappa shape index (κ2) is 7.10. The predicted octanol–water partition coefficient (Wildman–Crippen LogP) is 1.71. The molecule has 1 aromatic rings. The zero-order chi connectivity index (χ0) is 14.4. The maximum Gasteiger partial charge on any atom is 0.326 e. The number of carboxylic acid groups (broad SMARTS) is 1. The van der Waals surface area contributed by atoms with Gasteiger partial charge in [0, 0.05) is 23.2 Å². The molecule has 6 nitrogen and oxygen atoms in total. The third-order valence-electron chi connectivity index (χ3n) is 2.45. The van der Waals surface area contributed by atoms with Gasteiger partial charge in [0.1, 0.15) is 6.04 Å². The van der Waals surface area contributed by atoms with Crippen molar-refractivity contribution in [1.82, 2.24) is 5.32 Å². The number of carboxylic acids is 1. The van der Waals surface area contributed by atoms with E-state index < -0.39 is 18.0 Å². The lowest BCUT2D eigenvalue weighted by molar-refractivity contribution is -0.139. The molecule has 0 saturated carbocycles. The summed E-state index contributed by atoms with van der Waals surface area (Å²) in [6, 6.07) is 3.51. The molecule has 0 saturated heterocycles. The molecular weight excluding hydrogens is 316 g/mol. The van der Waals surface area contributed by atoms with Gasteiger partial charge in [-0.25, -0.2) is 9.59 Å². The van der Waals surface area contributed by atoms with Gasteiger partial charge >= 0.3 is 12.0 Å². The van der Waals surface area contributed by atoms with E-state index in [2.05, 4.69) is 26.6 Å². The van der Waals surface area contributed by atoms with Gasteiger partial charge in [0.15, 0.2) is 0 Å². The Kier molecular flexibility index (Phi) is 5.78. The van der Waals surface area contributed by atoms with E-state index in [1.54, 1.807) is 12.1 Å². The van der Waals surface area contributed by atoms with E-state index in [1.165, 1.54) is 0 Å². The van der Waals surface area contributed by atoms with Crippen LogP contribution in [0.4, 0.5) is 10.5 Å². The molecule has 104 valence electrons. The van der Waals surface area contributed by atoms with Crippen molar-refractivity contribution in [3.63, 3.8) is 0 Å². The van der Waals surface area contributed by atoms with Crippen molar-refractivity contribution in [1.29, 1.82) is 0 Å². The molecule has 0 aliphatic heterocycles. The number of hydrogen-bond acceptors (Lipinski definition) is 3. The van der Waals surface area contributed by atoms with Gasteiger partial charge in [0.2, 0.25) is 0 Å². The van der Waals surface area contributed by atoms with E-state index in [0.717, 1.165) is 10.0 Å². The van der Waals surface area contributed by atoms with Crippen molar-refractivity contribution in [3.05, 3.63) is 28.2 Å². The molecule has 1 unspecified atom stereocenters. The second-order valence-electron chi connectivity index (χ2n) is 3.97. The summed E-state index contributed by atoms with van der Waals surface area (Å²) in [5, 5.41) is 22.4. The SMILES string of the molecule is Cc1ccc(NC(=O)NC(CCO)C(=O)O)cc1Br. The largest absolute Gasteiger partial charge is 0.480 e. The topological polar surface area (TPSA) is 98.7 Å². The first-order chi connectivity index (χ1) is 8.93. The van der Waals surface area contributed by atoms with Gasteiger partial charge in [0.05, 0.1) is 0 Å². The highest BCUT2D eigenvalue weighted by molar-refractivity contribution is 9.10. The molecule has 2 amide bonds. The van der Waals surface area contributed by atoms with E-state index in [0.29, 0.717) is 5.69 Å². The molecule has 0 aromatic heterocycles. The van der Waals surface area contributed by atoms with Crippen LogP contribution in [0.1, 0.15) is 12.0 Å². The summed E-state index contributed by atoms with van der Waals surface area (Å²) < 4.78 is 0.843. The average Bonchev–Trinajstić information content (AvgIpc) is 2.33. The first kappa shape index (κ1) is 15.5. The van der Waals surface area contributed by atoms with Crippen LogP contribution in [-0.4, -0.2) is 34.9 Å². The minimum Gasteiger partial charge on any atom is -0.480 e. The summed E-state index contributed by atoms with van der Waals surface area (Å²) in [7, 11) is 0. The number of carbonyl (C=O) groups excluding carboxylic acids is 1. The Hall–Kier alpha value is -1.60. The summed E-state index contributed by atoms with van der Waals surface area (Å²) in [6.07, 6.45) is -0.0413. The standard InChI is InChI=1S/C12H15BrN2O4/c1-7-2-3-8(6-9(7)13)14-12(19)15-10(4-5-16)11(17)18/h2-3,6,10,16H,4-5H2,1H3,(H,17,18)(H2,14,15,19). The van der Waals surface area contributed by atoms with Crippen LogP contribution in [0.3, 0.4) is 0 Å². The lowest BCUT2D eigenvalue weighted by Crippen LogP contribution is -2.43. The number of aliphatic carboxylic acids is 1. The Morgan fingerprint density at radius 3 is 2.63 bits per heavy atom. The normalized spacial score (nSPS) is 11.7. The smallest absolute Gasteiger partial charge is 0.326 e. The highest BCUT2D eigenvalue weighted by atomic mass is 79.9. The van der Waals surface area contributed by atoms with Crippen LogP contribution in [-0.2, 0) is 4.79 Å². The van der Waals surface area contributed by atoms with Gasteiger partial charge in [-0.3, -0.25) is 0 Å². The quantitative estimate of drug-likeness (QED) is 0.660. The fourth-order valence-corrected chi connectivity index (χ4v) is 1.76. The number of carbonyl (C=O) groups is 2. The zero-order valence-corrected chi connectivity index (χ0v) is 11.9. The molecular formula is C12H15BrN2O4. The molecule has 0 bridgehead atoms. The second-order valence-corrected chi connectivity index (χ2v) is 4.82. The molecule has 1 aromatic carbocycles. The number of aliphatic hydroxyl groups excluding tert-OH is 1. The van der Waals surface area contributed by atoms with Crippen molar-refractivity contribution in [3.8, 4) is 0 Å². The van der Waals surface area contributed by atoms with Crippen molar-refractivity contribution < 1.29 is 19.8 Å². The molecule has 7 heteroatoms. The Bertz CT molecular complexity index is 479. The summed E-state index contributed by atoms with van der Waals surface area (Å²) in [6.45, 7) is 1.60. The van der Waals surface area contributed by atoms with Crippen LogP contribution < -0.4 is 10.6 Å². The van der Waals surface area contributed by atoms with Gasteiger partial charge in [-0.1, -0.05) is 22.0 Å². The minimum atomic E-state index is -1.19. The van der Waals surface area contributed by atoms with E-state index >= 15 is 0 Å². The number of amides is 2. The van der Waals surface area contributed by atoms with Crippen LogP contribution >= 0.6 is 15.9 Å². The number of hydrogen-bond donors (Lipinski definition) is 4. The molecule has 1 rings (SSSR count). The van der Waals surface area contributed by atoms with E-state index in [1.807, 2.05) is 13.0 Å². The summed E-state index contributed by atoms with van der Waals surface area (Å²) in [4.78, 5) is 22.4. The Labute approximate surface area is 118 Å².